The van der Waals surface area contributed by atoms with E-state index in [0.29, 0.717) is 33.0 Å². The van der Waals surface area contributed by atoms with Crippen LogP contribution < -0.4 is 16.0 Å². The van der Waals surface area contributed by atoms with E-state index in [1.807, 2.05) is 23.6 Å². The number of aryl methyl sites for hydroxylation is 1. The Hall–Kier alpha value is -2.61. The second-order valence-corrected chi connectivity index (χ2v) is 7.44. The summed E-state index contributed by atoms with van der Waals surface area (Å²) in [4.78, 5) is 28.4. The van der Waals surface area contributed by atoms with E-state index in [0.717, 1.165) is 5.69 Å². The molecule has 3 aromatic rings. The number of para-hydroxylation sites is 1. The van der Waals surface area contributed by atoms with Crippen molar-refractivity contribution in [2.45, 2.75) is 12.8 Å². The van der Waals surface area contributed by atoms with Crippen LogP contribution in [0.25, 0.3) is 0 Å². The van der Waals surface area contributed by atoms with E-state index < -0.39 is 0 Å². The summed E-state index contributed by atoms with van der Waals surface area (Å²) in [6, 6.07) is 13.6. The van der Waals surface area contributed by atoms with E-state index in [9.17, 15) is 9.59 Å². The SMILES string of the molecule is O=C(CCc1csc(NC(=O)Nc2ccccc2)n1)Nc1ccc(Cl)c(Cl)c1. The Bertz CT molecular complexity index is 979. The molecule has 1 aromatic heterocycles. The third kappa shape index (κ3) is 5.95. The predicted octanol–water partition coefficient (Wildman–Crippen LogP) is 5.67. The molecule has 144 valence electrons. The molecular weight excluding hydrogens is 419 g/mol. The fourth-order valence-electron chi connectivity index (χ4n) is 2.30. The Morgan fingerprint density at radius 3 is 2.46 bits per heavy atom. The van der Waals surface area contributed by atoms with Crippen LogP contribution in [0.4, 0.5) is 21.3 Å². The molecule has 0 saturated carbocycles. The summed E-state index contributed by atoms with van der Waals surface area (Å²) in [5, 5.41) is 11.2. The molecule has 3 amide bonds. The highest BCUT2D eigenvalue weighted by Gasteiger charge is 2.09. The van der Waals surface area contributed by atoms with E-state index >= 15 is 0 Å². The van der Waals surface area contributed by atoms with Gasteiger partial charge in [0.15, 0.2) is 5.13 Å². The minimum atomic E-state index is -0.371. The van der Waals surface area contributed by atoms with E-state index in [1.54, 1.807) is 30.3 Å². The number of carbonyl (C=O) groups is 2. The van der Waals surface area contributed by atoms with Gasteiger partial charge in [-0.05, 0) is 36.8 Å². The second-order valence-electron chi connectivity index (χ2n) is 5.77. The summed E-state index contributed by atoms with van der Waals surface area (Å²) in [6.07, 6.45) is 0.700. The van der Waals surface area contributed by atoms with Gasteiger partial charge in [-0.25, -0.2) is 9.78 Å². The maximum Gasteiger partial charge on any atom is 0.325 e. The van der Waals surface area contributed by atoms with Gasteiger partial charge in [0.2, 0.25) is 5.91 Å². The molecule has 3 rings (SSSR count). The highest BCUT2D eigenvalue weighted by molar-refractivity contribution is 7.13. The van der Waals surface area contributed by atoms with Gasteiger partial charge in [0, 0.05) is 23.2 Å². The number of nitrogens with one attached hydrogen (secondary N) is 3. The first-order chi connectivity index (χ1) is 13.5. The number of hydrogen-bond acceptors (Lipinski definition) is 4. The third-order valence-corrected chi connectivity index (χ3v) is 5.16. The van der Waals surface area contributed by atoms with Crippen molar-refractivity contribution in [3.63, 3.8) is 0 Å². The van der Waals surface area contributed by atoms with Gasteiger partial charge in [-0.2, -0.15) is 0 Å². The molecule has 0 bridgehead atoms. The number of benzene rings is 2. The molecule has 6 nitrogen and oxygen atoms in total. The zero-order chi connectivity index (χ0) is 19.9. The molecular formula is C19H16Cl2N4O2S. The lowest BCUT2D eigenvalue weighted by Gasteiger charge is -2.06. The van der Waals surface area contributed by atoms with Crippen LogP contribution in [0.15, 0.2) is 53.9 Å². The molecule has 0 spiro atoms. The van der Waals surface area contributed by atoms with Gasteiger partial charge >= 0.3 is 6.03 Å². The van der Waals surface area contributed by atoms with Crippen molar-refractivity contribution in [2.75, 3.05) is 16.0 Å². The summed E-state index contributed by atoms with van der Waals surface area (Å²) in [6.45, 7) is 0. The van der Waals surface area contributed by atoms with Gasteiger partial charge in [0.1, 0.15) is 0 Å². The maximum atomic E-state index is 12.1. The Kier molecular flexibility index (Phi) is 6.86. The summed E-state index contributed by atoms with van der Waals surface area (Å²) in [7, 11) is 0. The lowest BCUT2D eigenvalue weighted by atomic mass is 10.2. The Labute approximate surface area is 175 Å². The number of thiazole rings is 1. The molecule has 0 saturated heterocycles. The monoisotopic (exact) mass is 434 g/mol. The van der Waals surface area contributed by atoms with E-state index in [1.165, 1.54) is 11.3 Å². The number of rotatable bonds is 6. The fourth-order valence-corrected chi connectivity index (χ4v) is 3.34. The van der Waals surface area contributed by atoms with Crippen LogP contribution in [0.1, 0.15) is 12.1 Å². The molecule has 9 heteroatoms. The average Bonchev–Trinajstić information content (AvgIpc) is 3.11. The lowest BCUT2D eigenvalue weighted by Crippen LogP contribution is -2.19. The van der Waals surface area contributed by atoms with E-state index in [2.05, 4.69) is 20.9 Å². The number of halogens is 2. The Morgan fingerprint density at radius 1 is 0.929 bits per heavy atom. The van der Waals surface area contributed by atoms with Crippen molar-refractivity contribution in [3.05, 3.63) is 69.7 Å². The number of nitrogens with zero attached hydrogens (tertiary/aromatic N) is 1. The highest BCUT2D eigenvalue weighted by Crippen LogP contribution is 2.25. The molecule has 0 fully saturated rings. The van der Waals surface area contributed by atoms with Crippen LogP contribution in [0.2, 0.25) is 10.0 Å². The summed E-state index contributed by atoms with van der Waals surface area (Å²) in [5.74, 6) is -0.164. The molecule has 0 aliphatic heterocycles. The number of urea groups is 1. The fraction of sp³-hybridized carbons (Fsp3) is 0.105. The smallest absolute Gasteiger partial charge is 0.325 e. The third-order valence-electron chi connectivity index (χ3n) is 3.62. The van der Waals surface area contributed by atoms with Crippen LogP contribution in [-0.2, 0) is 11.2 Å². The van der Waals surface area contributed by atoms with Crippen molar-refractivity contribution in [1.29, 1.82) is 0 Å². The predicted molar refractivity (Wildman–Crippen MR) is 115 cm³/mol. The Balaban J connectivity index is 1.46. The Morgan fingerprint density at radius 2 is 1.71 bits per heavy atom. The number of amides is 3. The standard InChI is InChI=1S/C19H16Cl2N4O2S/c20-15-8-6-13(10-16(15)21)22-17(26)9-7-14-11-28-19(24-14)25-18(27)23-12-4-2-1-3-5-12/h1-6,8,10-11H,7,9H2,(H,22,26)(H2,23,24,25,27). The highest BCUT2D eigenvalue weighted by atomic mass is 35.5. The van der Waals surface area contributed by atoms with Gasteiger partial charge in [-0.3, -0.25) is 10.1 Å². The number of carbonyl (C=O) groups excluding carboxylic acids is 2. The van der Waals surface area contributed by atoms with Gasteiger partial charge in [-0.15, -0.1) is 11.3 Å². The zero-order valence-electron chi connectivity index (χ0n) is 14.5. The van der Waals surface area contributed by atoms with Gasteiger partial charge < -0.3 is 10.6 Å². The van der Waals surface area contributed by atoms with E-state index in [-0.39, 0.29) is 18.4 Å². The van der Waals surface area contributed by atoms with Crippen LogP contribution in [-0.4, -0.2) is 16.9 Å². The molecule has 0 atom stereocenters. The van der Waals surface area contributed by atoms with Crippen molar-refractivity contribution < 1.29 is 9.59 Å². The molecule has 1 heterocycles. The molecule has 2 aromatic carbocycles. The summed E-state index contributed by atoms with van der Waals surface area (Å²) >= 11 is 13.1. The molecule has 0 unspecified atom stereocenters. The maximum absolute atomic E-state index is 12.1. The normalized spacial score (nSPS) is 10.4. The van der Waals surface area contributed by atoms with Crippen molar-refractivity contribution >= 4 is 63.0 Å². The van der Waals surface area contributed by atoms with Crippen LogP contribution in [0.3, 0.4) is 0 Å². The van der Waals surface area contributed by atoms with Gasteiger partial charge in [-0.1, -0.05) is 41.4 Å². The minimum absolute atomic E-state index is 0.164. The van der Waals surface area contributed by atoms with Crippen molar-refractivity contribution in [3.8, 4) is 0 Å². The van der Waals surface area contributed by atoms with Crippen molar-refractivity contribution in [1.82, 2.24) is 4.98 Å². The van der Waals surface area contributed by atoms with Gasteiger partial charge in [0.05, 0.1) is 15.7 Å². The number of anilines is 3. The topological polar surface area (TPSA) is 83.1 Å². The summed E-state index contributed by atoms with van der Waals surface area (Å²) in [5.41, 5.74) is 2.00. The number of aromatic nitrogens is 1. The first kappa shape index (κ1) is 20.1. The van der Waals surface area contributed by atoms with Crippen LogP contribution in [0, 0.1) is 0 Å². The second kappa shape index (κ2) is 9.54. The lowest BCUT2D eigenvalue weighted by molar-refractivity contribution is -0.116. The summed E-state index contributed by atoms with van der Waals surface area (Å²) < 4.78 is 0. The van der Waals surface area contributed by atoms with Crippen LogP contribution >= 0.6 is 34.5 Å². The van der Waals surface area contributed by atoms with Crippen molar-refractivity contribution in [2.24, 2.45) is 0 Å². The molecule has 0 aliphatic carbocycles. The first-order valence-electron chi connectivity index (χ1n) is 8.32. The quantitative estimate of drug-likeness (QED) is 0.467. The average molecular weight is 435 g/mol. The molecule has 28 heavy (non-hydrogen) atoms. The largest absolute Gasteiger partial charge is 0.326 e. The molecule has 0 aliphatic rings. The number of hydrogen-bond donors (Lipinski definition) is 3. The first-order valence-corrected chi connectivity index (χ1v) is 9.95. The van der Waals surface area contributed by atoms with Gasteiger partial charge in [0.25, 0.3) is 0 Å². The molecule has 0 radical (unpaired) electrons. The van der Waals surface area contributed by atoms with Crippen LogP contribution in [0.5, 0.6) is 0 Å². The molecule has 3 N–H and O–H groups in total. The van der Waals surface area contributed by atoms with E-state index in [4.69, 9.17) is 23.2 Å². The zero-order valence-corrected chi connectivity index (χ0v) is 16.9. The minimum Gasteiger partial charge on any atom is -0.326 e.